The van der Waals surface area contributed by atoms with Crippen LogP contribution in [0.2, 0.25) is 0 Å². The molecular formula is C20H31N. The zero-order chi connectivity index (χ0) is 15.1. The largest absolute Gasteiger partial charge is 0.330 e. The molecule has 1 fully saturated rings. The fraction of sp³-hybridized carbons (Fsp3) is 0.700. The van der Waals surface area contributed by atoms with E-state index in [9.17, 15) is 0 Å². The van der Waals surface area contributed by atoms with Gasteiger partial charge in [-0.15, -0.1) is 0 Å². The molecule has 2 aliphatic rings. The monoisotopic (exact) mass is 285 g/mol. The molecule has 2 N–H and O–H groups in total. The predicted octanol–water partition coefficient (Wildman–Crippen LogP) is 4.61. The molecule has 0 spiro atoms. The number of fused-ring (bicyclic) bond motifs is 3. The van der Waals surface area contributed by atoms with Gasteiger partial charge in [-0.05, 0) is 72.1 Å². The highest BCUT2D eigenvalue weighted by Gasteiger charge is 2.50. The first-order valence-electron chi connectivity index (χ1n) is 8.86. The minimum Gasteiger partial charge on any atom is -0.330 e. The van der Waals surface area contributed by atoms with Crippen LogP contribution < -0.4 is 5.73 Å². The average Bonchev–Trinajstić information content (AvgIpc) is 2.47. The van der Waals surface area contributed by atoms with E-state index in [0.717, 1.165) is 12.5 Å². The Morgan fingerprint density at radius 1 is 1.24 bits per heavy atom. The van der Waals surface area contributed by atoms with Crippen LogP contribution in [0.25, 0.3) is 0 Å². The molecule has 1 nitrogen and oxygen atoms in total. The van der Waals surface area contributed by atoms with E-state index in [-0.39, 0.29) is 0 Å². The van der Waals surface area contributed by atoms with Crippen molar-refractivity contribution in [2.45, 2.75) is 71.1 Å². The molecule has 3 unspecified atom stereocenters. The van der Waals surface area contributed by atoms with Crippen molar-refractivity contribution in [2.75, 3.05) is 6.54 Å². The second-order valence-electron chi connectivity index (χ2n) is 7.96. The Hall–Kier alpha value is -0.820. The van der Waals surface area contributed by atoms with Gasteiger partial charge in [-0.25, -0.2) is 0 Å². The molecule has 1 saturated carbocycles. The summed E-state index contributed by atoms with van der Waals surface area (Å²) < 4.78 is 0. The third-order valence-corrected chi connectivity index (χ3v) is 6.55. The molecule has 1 heteroatoms. The van der Waals surface area contributed by atoms with Crippen LogP contribution in [0.3, 0.4) is 0 Å². The minimum absolute atomic E-state index is 0.340. The summed E-state index contributed by atoms with van der Waals surface area (Å²) in [4.78, 5) is 0. The van der Waals surface area contributed by atoms with Gasteiger partial charge in [0.15, 0.2) is 0 Å². The van der Waals surface area contributed by atoms with Crippen molar-refractivity contribution in [3.05, 3.63) is 34.9 Å². The Morgan fingerprint density at radius 2 is 2.05 bits per heavy atom. The number of aryl methyl sites for hydroxylation is 2. The molecule has 0 amide bonds. The Morgan fingerprint density at radius 3 is 2.76 bits per heavy atom. The number of hydrogen-bond acceptors (Lipinski definition) is 1. The molecule has 21 heavy (non-hydrogen) atoms. The van der Waals surface area contributed by atoms with E-state index in [1.54, 1.807) is 11.1 Å². The highest BCUT2D eigenvalue weighted by atomic mass is 14.7. The van der Waals surface area contributed by atoms with Crippen LogP contribution in [-0.2, 0) is 18.3 Å². The molecule has 1 aromatic carbocycles. The van der Waals surface area contributed by atoms with E-state index >= 15 is 0 Å². The molecule has 0 aromatic heterocycles. The molecule has 0 radical (unpaired) electrons. The summed E-state index contributed by atoms with van der Waals surface area (Å²) in [7, 11) is 0. The molecular weight excluding hydrogens is 254 g/mol. The van der Waals surface area contributed by atoms with Gasteiger partial charge in [-0.3, -0.25) is 0 Å². The van der Waals surface area contributed by atoms with Gasteiger partial charge in [0.25, 0.3) is 0 Å². The van der Waals surface area contributed by atoms with E-state index in [2.05, 4.69) is 39.0 Å². The summed E-state index contributed by atoms with van der Waals surface area (Å²) in [5.74, 6) is 0.758. The SMILES string of the molecule is CCCc1ccc2c(c1)CCC1C(C)(CN)CCCC21C. The normalized spacial score (nSPS) is 35.1. The van der Waals surface area contributed by atoms with Crippen molar-refractivity contribution in [3.63, 3.8) is 0 Å². The lowest BCUT2D eigenvalue weighted by molar-refractivity contribution is 0.0327. The van der Waals surface area contributed by atoms with Crippen molar-refractivity contribution in [1.29, 1.82) is 0 Å². The third kappa shape index (κ3) is 2.34. The van der Waals surface area contributed by atoms with Gasteiger partial charge >= 0.3 is 0 Å². The van der Waals surface area contributed by atoms with E-state index < -0.39 is 0 Å². The van der Waals surface area contributed by atoms with E-state index in [4.69, 9.17) is 5.73 Å². The first kappa shape index (κ1) is 15.1. The summed E-state index contributed by atoms with van der Waals surface area (Å²) >= 11 is 0. The fourth-order valence-corrected chi connectivity index (χ4v) is 5.37. The summed E-state index contributed by atoms with van der Waals surface area (Å²) in [6, 6.07) is 7.33. The van der Waals surface area contributed by atoms with Crippen LogP contribution in [0.5, 0.6) is 0 Å². The molecule has 0 aliphatic heterocycles. The molecule has 1 aromatic rings. The summed E-state index contributed by atoms with van der Waals surface area (Å²) in [6.45, 7) is 8.06. The Bertz CT molecular complexity index is 521. The first-order chi connectivity index (χ1) is 10.0. The second-order valence-corrected chi connectivity index (χ2v) is 7.96. The Labute approximate surface area is 130 Å². The van der Waals surface area contributed by atoms with Crippen LogP contribution >= 0.6 is 0 Å². The van der Waals surface area contributed by atoms with Crippen molar-refractivity contribution in [2.24, 2.45) is 17.1 Å². The van der Waals surface area contributed by atoms with Crippen molar-refractivity contribution < 1.29 is 0 Å². The van der Waals surface area contributed by atoms with Crippen LogP contribution in [-0.4, -0.2) is 6.54 Å². The lowest BCUT2D eigenvalue weighted by Crippen LogP contribution is -2.51. The van der Waals surface area contributed by atoms with Crippen molar-refractivity contribution in [1.82, 2.24) is 0 Å². The smallest absolute Gasteiger partial charge is 0.00202 e. The standard InChI is InChI=1S/C20H31N/c1-4-6-15-7-9-17-16(13-15)8-10-18-19(2,14-21)11-5-12-20(17,18)3/h7,9,13,18H,4-6,8,10-12,14,21H2,1-3H3. The fourth-order valence-electron chi connectivity index (χ4n) is 5.37. The van der Waals surface area contributed by atoms with E-state index in [0.29, 0.717) is 10.8 Å². The summed E-state index contributed by atoms with van der Waals surface area (Å²) in [5.41, 5.74) is 11.7. The van der Waals surface area contributed by atoms with Gasteiger partial charge in [0.2, 0.25) is 0 Å². The zero-order valence-corrected chi connectivity index (χ0v) is 14.0. The maximum absolute atomic E-state index is 6.19. The topological polar surface area (TPSA) is 26.0 Å². The Kier molecular flexibility index (Phi) is 3.90. The maximum atomic E-state index is 6.19. The number of benzene rings is 1. The Balaban J connectivity index is 2.01. The number of rotatable bonds is 3. The van der Waals surface area contributed by atoms with Gasteiger partial charge in [0.1, 0.15) is 0 Å². The maximum Gasteiger partial charge on any atom is -0.00202 e. The van der Waals surface area contributed by atoms with Crippen molar-refractivity contribution in [3.8, 4) is 0 Å². The lowest BCUT2D eigenvalue weighted by Gasteiger charge is -2.55. The number of nitrogens with two attached hydrogens (primary N) is 1. The van der Waals surface area contributed by atoms with Gasteiger partial charge in [-0.1, -0.05) is 51.8 Å². The van der Waals surface area contributed by atoms with Gasteiger partial charge in [0.05, 0.1) is 0 Å². The van der Waals surface area contributed by atoms with Gasteiger partial charge in [-0.2, -0.15) is 0 Å². The summed E-state index contributed by atoms with van der Waals surface area (Å²) in [6.07, 6.45) is 9.02. The molecule has 116 valence electrons. The average molecular weight is 285 g/mol. The van der Waals surface area contributed by atoms with Crippen LogP contribution in [0, 0.1) is 11.3 Å². The molecule has 0 saturated heterocycles. The molecule has 3 atom stereocenters. The molecule has 0 bridgehead atoms. The van der Waals surface area contributed by atoms with Crippen LogP contribution in [0.4, 0.5) is 0 Å². The summed E-state index contributed by atoms with van der Waals surface area (Å²) in [5, 5.41) is 0. The highest BCUT2D eigenvalue weighted by Crippen LogP contribution is 2.56. The van der Waals surface area contributed by atoms with E-state index in [1.165, 1.54) is 50.5 Å². The van der Waals surface area contributed by atoms with Gasteiger partial charge < -0.3 is 5.73 Å². The van der Waals surface area contributed by atoms with Crippen LogP contribution in [0.15, 0.2) is 18.2 Å². The quantitative estimate of drug-likeness (QED) is 0.862. The second kappa shape index (κ2) is 5.43. The lowest BCUT2D eigenvalue weighted by atomic mass is 9.50. The molecule has 2 aliphatic carbocycles. The number of hydrogen-bond donors (Lipinski definition) is 1. The highest BCUT2D eigenvalue weighted by molar-refractivity contribution is 5.41. The first-order valence-corrected chi connectivity index (χ1v) is 8.86. The predicted molar refractivity (Wildman–Crippen MR) is 90.6 cm³/mol. The molecule has 3 rings (SSSR count). The molecule has 0 heterocycles. The zero-order valence-electron chi connectivity index (χ0n) is 14.0. The van der Waals surface area contributed by atoms with Gasteiger partial charge in [0, 0.05) is 0 Å². The van der Waals surface area contributed by atoms with Crippen LogP contribution in [0.1, 0.15) is 69.6 Å². The van der Waals surface area contributed by atoms with Crippen molar-refractivity contribution >= 4 is 0 Å². The van der Waals surface area contributed by atoms with E-state index in [1.807, 2.05) is 0 Å². The minimum atomic E-state index is 0.340. The third-order valence-electron chi connectivity index (χ3n) is 6.55.